The van der Waals surface area contributed by atoms with E-state index in [1.807, 2.05) is 19.2 Å². The molecule has 0 N–H and O–H groups in total. The van der Waals surface area contributed by atoms with Crippen LogP contribution in [0.4, 0.5) is 3.89 Å². The molecule has 4 rings (SSSR count). The fourth-order valence-corrected chi connectivity index (χ4v) is 6.40. The standard InChI is InChI=1S/C34H40FN3S.C3H6/c1-5-11-29(17-9-16-28-15-8-14-27-13-6-7-18-30(27)28)31-21-25(3)33(34(38-31)32(39-35)23-36-4)24(2)20-26-12-10-19-37-22-26;1-3-2/h6-8,10,12-15,18-19,21-24,29,33H,5,9,11,16-17,20H2,1-4H3;3H,1H2,2H3/b34-32-,36-23?;. The molecule has 2 heterocycles. The minimum atomic E-state index is 0.0307. The summed E-state index contributed by atoms with van der Waals surface area (Å²) in [6, 6.07) is 19.3. The summed E-state index contributed by atoms with van der Waals surface area (Å²) < 4.78 is 14.3. The van der Waals surface area contributed by atoms with Crippen LogP contribution >= 0.6 is 12.1 Å². The molecule has 0 bridgehead atoms. The van der Waals surface area contributed by atoms with Crippen LogP contribution in [-0.4, -0.2) is 24.0 Å². The van der Waals surface area contributed by atoms with E-state index in [1.54, 1.807) is 25.5 Å². The molecule has 0 amide bonds. The molecular formula is C37H46FN3S. The number of aliphatic imine (C=N–C) groups is 2. The first-order chi connectivity index (χ1) is 20.5. The maximum absolute atomic E-state index is 14.3. The van der Waals surface area contributed by atoms with Crippen molar-refractivity contribution in [3.05, 3.63) is 113 Å². The van der Waals surface area contributed by atoms with Gasteiger partial charge in [0.2, 0.25) is 0 Å². The van der Waals surface area contributed by atoms with Crippen LogP contribution in [-0.2, 0) is 12.8 Å². The first-order valence-electron chi connectivity index (χ1n) is 15.1. The number of dihydropyridines is 1. The number of benzene rings is 2. The van der Waals surface area contributed by atoms with Crippen LogP contribution in [0.15, 0.2) is 112 Å². The van der Waals surface area contributed by atoms with Crippen LogP contribution in [0.2, 0.25) is 0 Å². The van der Waals surface area contributed by atoms with Crippen LogP contribution in [0.5, 0.6) is 0 Å². The topological polar surface area (TPSA) is 37.6 Å². The van der Waals surface area contributed by atoms with Gasteiger partial charge < -0.3 is 0 Å². The molecule has 1 aliphatic rings. The molecule has 1 aromatic heterocycles. The van der Waals surface area contributed by atoms with Gasteiger partial charge in [-0.25, -0.2) is 0 Å². The van der Waals surface area contributed by atoms with Gasteiger partial charge in [0.25, 0.3) is 0 Å². The quantitative estimate of drug-likeness (QED) is 0.157. The number of aromatic nitrogens is 1. The highest BCUT2D eigenvalue weighted by Crippen LogP contribution is 2.40. The lowest BCUT2D eigenvalue weighted by atomic mass is 9.78. The van der Waals surface area contributed by atoms with Crippen molar-refractivity contribution in [2.75, 3.05) is 7.05 Å². The van der Waals surface area contributed by atoms with Crippen molar-refractivity contribution >= 4 is 34.8 Å². The van der Waals surface area contributed by atoms with Gasteiger partial charge in [0, 0.05) is 43.2 Å². The summed E-state index contributed by atoms with van der Waals surface area (Å²) in [4.78, 5) is 14.2. The zero-order valence-electron chi connectivity index (χ0n) is 25.9. The second kappa shape index (κ2) is 17.6. The number of aryl methyl sites for hydroxylation is 1. The van der Waals surface area contributed by atoms with E-state index in [4.69, 9.17) is 4.99 Å². The summed E-state index contributed by atoms with van der Waals surface area (Å²) in [5.41, 5.74) is 5.74. The minimum Gasteiger partial charge on any atom is -0.295 e. The highest BCUT2D eigenvalue weighted by atomic mass is 32.2. The molecule has 3 unspecified atom stereocenters. The average Bonchev–Trinajstić information content (AvgIpc) is 3.00. The SMILES string of the molecule is C=CC.CCCC(CCCc1cccc2ccccc12)C1=N/C(=C(/C=NC)SF)C(C(C)Cc2cccnc2)C(C)=C1. The lowest BCUT2D eigenvalue weighted by Crippen LogP contribution is -2.26. The molecule has 3 aromatic rings. The van der Waals surface area contributed by atoms with Gasteiger partial charge in [0.05, 0.1) is 22.8 Å². The summed E-state index contributed by atoms with van der Waals surface area (Å²) in [5.74, 6) is 0.617. The van der Waals surface area contributed by atoms with Crippen LogP contribution in [0.25, 0.3) is 10.8 Å². The van der Waals surface area contributed by atoms with Crippen molar-refractivity contribution in [3.63, 3.8) is 0 Å². The van der Waals surface area contributed by atoms with Crippen LogP contribution < -0.4 is 0 Å². The first kappa shape index (κ1) is 33.2. The lowest BCUT2D eigenvalue weighted by molar-refractivity contribution is 0.449. The Morgan fingerprint density at radius 2 is 1.88 bits per heavy atom. The van der Waals surface area contributed by atoms with Crippen molar-refractivity contribution in [2.24, 2.45) is 27.7 Å². The second-order valence-corrected chi connectivity index (χ2v) is 11.7. The van der Waals surface area contributed by atoms with E-state index in [0.717, 1.165) is 49.9 Å². The molecule has 0 spiro atoms. The van der Waals surface area contributed by atoms with Crippen molar-refractivity contribution in [1.82, 2.24) is 4.98 Å². The Hall–Kier alpha value is -3.31. The predicted molar refractivity (Wildman–Crippen MR) is 183 cm³/mol. The van der Waals surface area contributed by atoms with E-state index in [-0.39, 0.29) is 24.0 Å². The van der Waals surface area contributed by atoms with Crippen molar-refractivity contribution < 1.29 is 3.89 Å². The maximum atomic E-state index is 14.3. The van der Waals surface area contributed by atoms with Gasteiger partial charge in [-0.2, -0.15) is 3.89 Å². The van der Waals surface area contributed by atoms with Crippen molar-refractivity contribution in [3.8, 4) is 0 Å². The molecule has 0 radical (unpaired) electrons. The zero-order chi connectivity index (χ0) is 30.3. The molecular weight excluding hydrogens is 537 g/mol. The molecule has 3 atom stereocenters. The van der Waals surface area contributed by atoms with Crippen LogP contribution in [0.1, 0.15) is 64.5 Å². The second-order valence-electron chi connectivity index (χ2n) is 11.1. The van der Waals surface area contributed by atoms with E-state index in [2.05, 4.69) is 91.9 Å². The normalized spacial score (nSPS) is 17.6. The monoisotopic (exact) mass is 583 g/mol. The number of halogens is 1. The highest BCUT2D eigenvalue weighted by Gasteiger charge is 2.31. The van der Waals surface area contributed by atoms with E-state index in [9.17, 15) is 3.89 Å². The number of rotatable bonds is 12. The Labute approximate surface area is 257 Å². The number of hydrogen-bond acceptors (Lipinski definition) is 4. The number of hydrogen-bond donors (Lipinski definition) is 0. The van der Waals surface area contributed by atoms with Gasteiger partial charge in [-0.05, 0) is 85.9 Å². The minimum absolute atomic E-state index is 0.0307. The zero-order valence-corrected chi connectivity index (χ0v) is 26.7. The Bertz CT molecular complexity index is 1400. The molecule has 1 aliphatic heterocycles. The third-order valence-corrected chi connectivity index (χ3v) is 8.26. The van der Waals surface area contributed by atoms with Gasteiger partial charge in [0.1, 0.15) is 0 Å². The molecule has 5 heteroatoms. The highest BCUT2D eigenvalue weighted by molar-refractivity contribution is 7.99. The van der Waals surface area contributed by atoms with Gasteiger partial charge in [0.15, 0.2) is 0 Å². The van der Waals surface area contributed by atoms with Crippen LogP contribution in [0, 0.1) is 17.8 Å². The van der Waals surface area contributed by atoms with E-state index >= 15 is 0 Å². The third-order valence-electron chi connectivity index (χ3n) is 7.78. The van der Waals surface area contributed by atoms with Gasteiger partial charge in [-0.1, -0.05) is 80.4 Å². The molecule has 42 heavy (non-hydrogen) atoms. The van der Waals surface area contributed by atoms with E-state index < -0.39 is 0 Å². The largest absolute Gasteiger partial charge is 0.295 e. The average molecular weight is 584 g/mol. The Balaban J connectivity index is 0.00000155. The smallest absolute Gasteiger partial charge is 0.0847 e. The molecule has 222 valence electrons. The Morgan fingerprint density at radius 3 is 2.57 bits per heavy atom. The lowest BCUT2D eigenvalue weighted by Gasteiger charge is -2.32. The number of nitrogens with zero attached hydrogens (tertiary/aromatic N) is 3. The van der Waals surface area contributed by atoms with Crippen molar-refractivity contribution in [1.29, 1.82) is 0 Å². The Kier molecular flexibility index (Phi) is 13.9. The fraction of sp³-hybridized carbons (Fsp3) is 0.378. The molecule has 0 saturated carbocycles. The fourth-order valence-electron chi connectivity index (χ4n) is 6.00. The first-order valence-corrected chi connectivity index (χ1v) is 15.8. The summed E-state index contributed by atoms with van der Waals surface area (Å²) in [5, 5.41) is 2.64. The maximum Gasteiger partial charge on any atom is 0.0847 e. The third kappa shape index (κ3) is 9.09. The molecule has 0 fully saturated rings. The van der Waals surface area contributed by atoms with Gasteiger partial charge in [-0.15, -0.1) is 6.58 Å². The predicted octanol–water partition coefficient (Wildman–Crippen LogP) is 10.6. The summed E-state index contributed by atoms with van der Waals surface area (Å²) in [7, 11) is 1.69. The molecule has 3 nitrogen and oxygen atoms in total. The summed E-state index contributed by atoms with van der Waals surface area (Å²) in [6.07, 6.45) is 15.6. The summed E-state index contributed by atoms with van der Waals surface area (Å²) in [6.45, 7) is 11.9. The van der Waals surface area contributed by atoms with Gasteiger partial charge >= 0.3 is 0 Å². The number of allylic oxidation sites excluding steroid dienone is 4. The molecule has 2 aromatic carbocycles. The Morgan fingerprint density at radius 1 is 1.12 bits per heavy atom. The molecule has 0 saturated heterocycles. The number of fused-ring (bicyclic) bond motifs is 1. The summed E-state index contributed by atoms with van der Waals surface area (Å²) >= 11 is 0.258. The van der Waals surface area contributed by atoms with Crippen molar-refractivity contribution in [2.45, 2.75) is 66.2 Å². The van der Waals surface area contributed by atoms with E-state index in [1.165, 1.54) is 27.5 Å². The number of pyridine rings is 1. The van der Waals surface area contributed by atoms with E-state index in [0.29, 0.717) is 10.8 Å². The van der Waals surface area contributed by atoms with Crippen LogP contribution in [0.3, 0.4) is 0 Å². The molecule has 0 aliphatic carbocycles. The van der Waals surface area contributed by atoms with Gasteiger partial charge in [-0.3, -0.25) is 15.0 Å².